The van der Waals surface area contributed by atoms with Gasteiger partial charge in [0.25, 0.3) is 0 Å². The van der Waals surface area contributed by atoms with E-state index in [0.29, 0.717) is 12.5 Å². The molecule has 1 unspecified atom stereocenters. The predicted octanol–water partition coefficient (Wildman–Crippen LogP) is 3.62. The Morgan fingerprint density at radius 3 is 2.72 bits per heavy atom. The van der Waals surface area contributed by atoms with E-state index in [9.17, 15) is 4.39 Å². The molecule has 18 heavy (non-hydrogen) atoms. The van der Waals surface area contributed by atoms with Gasteiger partial charge in [-0.25, -0.2) is 4.39 Å². The number of hydrogen-bond donors (Lipinski definition) is 0. The number of para-hydroxylation sites is 1. The molecule has 1 heterocycles. The molecule has 0 fully saturated rings. The van der Waals surface area contributed by atoms with Gasteiger partial charge in [0, 0.05) is 5.92 Å². The standard InChI is InChI=1S/C16H15FO/c17-15-7-3-1-5-13(15)9-12-10-14-6-2-4-8-16(14)18-11-12/h1-8,12H,9-11H2. The summed E-state index contributed by atoms with van der Waals surface area (Å²) < 4.78 is 19.3. The van der Waals surface area contributed by atoms with Crippen LogP contribution in [0.15, 0.2) is 48.5 Å². The second kappa shape index (κ2) is 4.81. The largest absolute Gasteiger partial charge is 0.493 e. The molecule has 0 saturated carbocycles. The number of rotatable bonds is 2. The van der Waals surface area contributed by atoms with E-state index in [4.69, 9.17) is 4.74 Å². The Morgan fingerprint density at radius 2 is 1.83 bits per heavy atom. The van der Waals surface area contributed by atoms with Crippen molar-refractivity contribution < 1.29 is 9.13 Å². The minimum atomic E-state index is -0.114. The third-order valence-corrected chi connectivity index (χ3v) is 3.42. The quantitative estimate of drug-likeness (QED) is 0.781. The second-order valence-electron chi connectivity index (χ2n) is 4.78. The Bertz CT molecular complexity index is 550. The van der Waals surface area contributed by atoms with E-state index in [1.54, 1.807) is 6.07 Å². The molecular weight excluding hydrogens is 227 g/mol. The maximum atomic E-state index is 13.6. The molecule has 0 radical (unpaired) electrons. The van der Waals surface area contributed by atoms with Gasteiger partial charge in [0.05, 0.1) is 6.61 Å². The third-order valence-electron chi connectivity index (χ3n) is 3.42. The average molecular weight is 242 g/mol. The Kier molecular flexibility index (Phi) is 3.01. The summed E-state index contributed by atoms with van der Waals surface area (Å²) in [4.78, 5) is 0. The molecule has 0 aliphatic carbocycles. The van der Waals surface area contributed by atoms with E-state index in [-0.39, 0.29) is 5.82 Å². The summed E-state index contributed by atoms with van der Waals surface area (Å²) in [7, 11) is 0. The molecule has 2 heteroatoms. The highest BCUT2D eigenvalue weighted by atomic mass is 19.1. The zero-order chi connectivity index (χ0) is 12.4. The molecule has 0 bridgehead atoms. The van der Waals surface area contributed by atoms with Crippen LogP contribution in [0.4, 0.5) is 4.39 Å². The molecule has 1 aliphatic heterocycles. The van der Waals surface area contributed by atoms with Gasteiger partial charge in [0.15, 0.2) is 0 Å². The fourth-order valence-electron chi connectivity index (χ4n) is 2.50. The van der Waals surface area contributed by atoms with Gasteiger partial charge < -0.3 is 4.74 Å². The monoisotopic (exact) mass is 242 g/mol. The van der Waals surface area contributed by atoms with E-state index < -0.39 is 0 Å². The fourth-order valence-corrected chi connectivity index (χ4v) is 2.50. The van der Waals surface area contributed by atoms with Gasteiger partial charge in [-0.1, -0.05) is 36.4 Å². The van der Waals surface area contributed by atoms with Gasteiger partial charge in [-0.15, -0.1) is 0 Å². The molecule has 0 aromatic heterocycles. The molecule has 1 nitrogen and oxygen atoms in total. The van der Waals surface area contributed by atoms with Crippen molar-refractivity contribution >= 4 is 0 Å². The highest BCUT2D eigenvalue weighted by Gasteiger charge is 2.20. The lowest BCUT2D eigenvalue weighted by Crippen LogP contribution is -2.23. The summed E-state index contributed by atoms with van der Waals surface area (Å²) in [6.45, 7) is 0.672. The van der Waals surface area contributed by atoms with Crippen LogP contribution in [0.5, 0.6) is 5.75 Å². The lowest BCUT2D eigenvalue weighted by atomic mass is 9.91. The van der Waals surface area contributed by atoms with Crippen LogP contribution >= 0.6 is 0 Å². The van der Waals surface area contributed by atoms with Crippen molar-refractivity contribution in [1.29, 1.82) is 0 Å². The van der Waals surface area contributed by atoms with Crippen molar-refractivity contribution in [3.63, 3.8) is 0 Å². The smallest absolute Gasteiger partial charge is 0.126 e. The van der Waals surface area contributed by atoms with Crippen LogP contribution in [-0.4, -0.2) is 6.61 Å². The molecule has 1 atom stereocenters. The first-order valence-corrected chi connectivity index (χ1v) is 6.27. The molecule has 0 saturated heterocycles. The van der Waals surface area contributed by atoms with Gasteiger partial charge >= 0.3 is 0 Å². The van der Waals surface area contributed by atoms with Crippen LogP contribution in [0.2, 0.25) is 0 Å². The summed E-state index contributed by atoms with van der Waals surface area (Å²) in [6.07, 6.45) is 1.70. The first kappa shape index (κ1) is 11.3. The molecule has 0 amide bonds. The van der Waals surface area contributed by atoms with Gasteiger partial charge in [-0.05, 0) is 36.1 Å². The number of ether oxygens (including phenoxy) is 1. The van der Waals surface area contributed by atoms with Gasteiger partial charge in [0.2, 0.25) is 0 Å². The minimum Gasteiger partial charge on any atom is -0.493 e. The number of fused-ring (bicyclic) bond motifs is 1. The molecule has 0 spiro atoms. The maximum absolute atomic E-state index is 13.6. The topological polar surface area (TPSA) is 9.23 Å². The average Bonchev–Trinajstić information content (AvgIpc) is 2.41. The lowest BCUT2D eigenvalue weighted by molar-refractivity contribution is 0.220. The highest BCUT2D eigenvalue weighted by molar-refractivity contribution is 5.35. The van der Waals surface area contributed by atoms with E-state index in [1.807, 2.05) is 30.3 Å². The Morgan fingerprint density at radius 1 is 1.06 bits per heavy atom. The van der Waals surface area contributed by atoms with E-state index in [0.717, 1.165) is 24.2 Å². The van der Waals surface area contributed by atoms with Crippen molar-refractivity contribution in [2.75, 3.05) is 6.61 Å². The summed E-state index contributed by atoms with van der Waals surface area (Å²) in [5.41, 5.74) is 2.01. The zero-order valence-corrected chi connectivity index (χ0v) is 10.1. The number of benzene rings is 2. The molecule has 3 rings (SSSR count). The van der Waals surface area contributed by atoms with Crippen molar-refractivity contribution in [2.45, 2.75) is 12.8 Å². The lowest BCUT2D eigenvalue weighted by Gasteiger charge is -2.25. The first-order chi connectivity index (χ1) is 8.83. The van der Waals surface area contributed by atoms with Crippen LogP contribution in [0, 0.1) is 11.7 Å². The number of halogens is 1. The summed E-state index contributed by atoms with van der Waals surface area (Å²) in [5.74, 6) is 1.22. The molecule has 1 aliphatic rings. The van der Waals surface area contributed by atoms with Crippen LogP contribution < -0.4 is 4.74 Å². The fraction of sp³-hybridized carbons (Fsp3) is 0.250. The van der Waals surface area contributed by atoms with Crippen LogP contribution in [-0.2, 0) is 12.8 Å². The molecule has 0 N–H and O–H groups in total. The van der Waals surface area contributed by atoms with E-state index >= 15 is 0 Å². The Hall–Kier alpha value is -1.83. The van der Waals surface area contributed by atoms with E-state index in [2.05, 4.69) is 6.07 Å². The van der Waals surface area contributed by atoms with Crippen LogP contribution in [0.1, 0.15) is 11.1 Å². The summed E-state index contributed by atoms with van der Waals surface area (Å²) in [5, 5.41) is 0. The molecular formula is C16H15FO. The summed E-state index contributed by atoms with van der Waals surface area (Å²) >= 11 is 0. The Labute approximate surface area is 106 Å². The number of hydrogen-bond acceptors (Lipinski definition) is 1. The normalized spacial score (nSPS) is 17.9. The Balaban J connectivity index is 1.75. The minimum absolute atomic E-state index is 0.114. The third kappa shape index (κ3) is 2.23. The predicted molar refractivity (Wildman–Crippen MR) is 69.2 cm³/mol. The van der Waals surface area contributed by atoms with Crippen molar-refractivity contribution in [2.24, 2.45) is 5.92 Å². The summed E-state index contributed by atoms with van der Waals surface area (Å²) in [6, 6.07) is 15.1. The van der Waals surface area contributed by atoms with Crippen molar-refractivity contribution in [1.82, 2.24) is 0 Å². The highest BCUT2D eigenvalue weighted by Crippen LogP contribution is 2.28. The second-order valence-corrected chi connectivity index (χ2v) is 4.78. The zero-order valence-electron chi connectivity index (χ0n) is 10.1. The van der Waals surface area contributed by atoms with Gasteiger partial charge in [-0.2, -0.15) is 0 Å². The SMILES string of the molecule is Fc1ccccc1CC1COc2ccccc2C1. The molecule has 2 aromatic carbocycles. The molecule has 2 aromatic rings. The van der Waals surface area contributed by atoms with Gasteiger partial charge in [0.1, 0.15) is 11.6 Å². The van der Waals surface area contributed by atoms with E-state index in [1.165, 1.54) is 11.6 Å². The first-order valence-electron chi connectivity index (χ1n) is 6.27. The van der Waals surface area contributed by atoms with Gasteiger partial charge in [-0.3, -0.25) is 0 Å². The van der Waals surface area contributed by atoms with Crippen molar-refractivity contribution in [3.05, 3.63) is 65.5 Å². The van der Waals surface area contributed by atoms with Crippen LogP contribution in [0.3, 0.4) is 0 Å². The molecule has 92 valence electrons. The maximum Gasteiger partial charge on any atom is 0.126 e. The van der Waals surface area contributed by atoms with Crippen LogP contribution in [0.25, 0.3) is 0 Å². The van der Waals surface area contributed by atoms with Crippen molar-refractivity contribution in [3.8, 4) is 5.75 Å².